The highest BCUT2D eigenvalue weighted by Gasteiger charge is 2.38. The van der Waals surface area contributed by atoms with Gasteiger partial charge in [0.1, 0.15) is 22.7 Å². The molecule has 4 aromatic rings. The third-order valence-electron chi connectivity index (χ3n) is 4.57. The van der Waals surface area contributed by atoms with E-state index in [4.69, 9.17) is 15.1 Å². The molecule has 0 saturated carbocycles. The highest BCUT2D eigenvalue weighted by atomic mass is 16.5. The summed E-state index contributed by atoms with van der Waals surface area (Å²) in [5.74, 6) is 0. The number of hydrogen-bond donors (Lipinski definition) is 0. The smallest absolute Gasteiger partial charge is 0.907 e. The van der Waals surface area contributed by atoms with Gasteiger partial charge in [0, 0.05) is 48.5 Å². The SMILES string of the molecule is C[N+](C)(C)C.[H+].[O-]B([O-])[O-].c1ccc([N+](c2ccccc2)(c2ccccc2)c2ccccc2)cc1. The van der Waals surface area contributed by atoms with Crippen molar-refractivity contribution in [1.82, 2.24) is 4.48 Å². The lowest BCUT2D eigenvalue weighted by Gasteiger charge is -2.37. The minimum absolute atomic E-state index is 0. The fraction of sp³-hybridized carbons (Fsp3) is 0.143. The van der Waals surface area contributed by atoms with Crippen molar-refractivity contribution >= 4 is 30.1 Å². The quantitative estimate of drug-likeness (QED) is 0.349. The Labute approximate surface area is 205 Å². The van der Waals surface area contributed by atoms with Crippen LogP contribution in [0.5, 0.6) is 0 Å². The van der Waals surface area contributed by atoms with Crippen molar-refractivity contribution in [2.24, 2.45) is 0 Å². The van der Waals surface area contributed by atoms with E-state index < -0.39 is 7.32 Å². The van der Waals surface area contributed by atoms with Gasteiger partial charge >= 0.3 is 1.43 Å². The third-order valence-corrected chi connectivity index (χ3v) is 4.57. The van der Waals surface area contributed by atoms with Crippen LogP contribution in [0.1, 0.15) is 1.43 Å². The average Bonchev–Trinajstić information content (AvgIpc) is 2.81. The minimum atomic E-state index is -2.92. The van der Waals surface area contributed by atoms with Crippen LogP contribution >= 0.6 is 0 Å². The van der Waals surface area contributed by atoms with Crippen molar-refractivity contribution < 1.29 is 21.0 Å². The van der Waals surface area contributed by atoms with Gasteiger partial charge in [0.05, 0.1) is 28.2 Å². The molecular formula is C28H33BN2O3. The Morgan fingerprint density at radius 1 is 0.441 bits per heavy atom. The predicted molar refractivity (Wildman–Crippen MR) is 137 cm³/mol. The average molecular weight is 456 g/mol. The summed E-state index contributed by atoms with van der Waals surface area (Å²) in [5, 5.41) is 25.2. The van der Waals surface area contributed by atoms with Gasteiger partial charge in [-0.25, -0.2) is 0 Å². The van der Waals surface area contributed by atoms with Crippen molar-refractivity contribution in [1.29, 1.82) is 0 Å². The molecule has 0 N–H and O–H groups in total. The van der Waals surface area contributed by atoms with Crippen molar-refractivity contribution in [3.63, 3.8) is 0 Å². The van der Waals surface area contributed by atoms with Crippen molar-refractivity contribution in [3.05, 3.63) is 121 Å². The van der Waals surface area contributed by atoms with Crippen LogP contribution in [0.25, 0.3) is 0 Å². The Kier molecular flexibility index (Phi) is 10.2. The highest BCUT2D eigenvalue weighted by molar-refractivity contribution is 6.24. The molecule has 0 spiro atoms. The van der Waals surface area contributed by atoms with E-state index in [0.29, 0.717) is 4.48 Å². The second-order valence-electron chi connectivity index (χ2n) is 8.98. The van der Waals surface area contributed by atoms with E-state index in [1.807, 2.05) is 0 Å². The normalized spacial score (nSPS) is 10.8. The van der Waals surface area contributed by atoms with Crippen LogP contribution in [0.15, 0.2) is 121 Å². The second kappa shape index (κ2) is 12.8. The highest BCUT2D eigenvalue weighted by Crippen LogP contribution is 2.50. The molecule has 0 radical (unpaired) electrons. The molecule has 0 aliphatic heterocycles. The van der Waals surface area contributed by atoms with Gasteiger partial charge in [-0.15, -0.1) is 0 Å². The molecule has 0 heterocycles. The second-order valence-corrected chi connectivity index (χ2v) is 8.98. The number of quaternary nitrogens is 2. The van der Waals surface area contributed by atoms with Crippen molar-refractivity contribution in [2.75, 3.05) is 28.2 Å². The summed E-state index contributed by atoms with van der Waals surface area (Å²) in [6, 6.07) is 42.8. The maximum Gasteiger partial charge on any atom is 1.00 e. The van der Waals surface area contributed by atoms with Crippen LogP contribution in [0.3, 0.4) is 0 Å². The molecule has 176 valence electrons. The molecule has 0 aliphatic rings. The lowest BCUT2D eigenvalue weighted by Crippen LogP contribution is -2.56. The number of benzene rings is 4. The van der Waals surface area contributed by atoms with E-state index in [9.17, 15) is 0 Å². The Morgan fingerprint density at radius 2 is 0.588 bits per heavy atom. The molecule has 0 fully saturated rings. The molecule has 0 amide bonds. The summed E-state index contributed by atoms with van der Waals surface area (Å²) < 4.78 is 1.56. The van der Waals surface area contributed by atoms with E-state index in [2.05, 4.69) is 150 Å². The maximum atomic E-state index is 8.42. The lowest BCUT2D eigenvalue weighted by atomic mass is 10.1. The fourth-order valence-corrected chi connectivity index (χ4v) is 3.50. The van der Waals surface area contributed by atoms with Crippen LogP contribution in [-0.2, 0) is 0 Å². The Hall–Kier alpha value is -3.26. The molecule has 6 heteroatoms. The molecule has 0 atom stereocenters. The van der Waals surface area contributed by atoms with Crippen molar-refractivity contribution in [2.45, 2.75) is 0 Å². The van der Waals surface area contributed by atoms with E-state index in [-0.39, 0.29) is 1.43 Å². The zero-order chi connectivity index (χ0) is 25.0. The van der Waals surface area contributed by atoms with Crippen LogP contribution in [-0.4, -0.2) is 40.0 Å². The first-order valence-electron chi connectivity index (χ1n) is 11.0. The van der Waals surface area contributed by atoms with Gasteiger partial charge in [-0.05, 0) is 0 Å². The van der Waals surface area contributed by atoms with Gasteiger partial charge < -0.3 is 19.6 Å². The van der Waals surface area contributed by atoms with Gasteiger partial charge in [0.15, 0.2) is 0 Å². The monoisotopic (exact) mass is 456 g/mol. The molecule has 34 heavy (non-hydrogen) atoms. The number of hydrogen-bond acceptors (Lipinski definition) is 3. The molecule has 0 bridgehead atoms. The first kappa shape index (κ1) is 27.0. The Balaban J connectivity index is 0.000000530. The summed E-state index contributed by atoms with van der Waals surface area (Å²) in [7, 11) is 5.58. The van der Waals surface area contributed by atoms with Crippen LogP contribution in [0.2, 0.25) is 0 Å². The third kappa shape index (κ3) is 7.95. The van der Waals surface area contributed by atoms with Gasteiger partial charge in [-0.3, -0.25) is 7.32 Å². The number of nitrogens with zero attached hydrogens (tertiary/aromatic N) is 2. The van der Waals surface area contributed by atoms with Crippen LogP contribution < -0.4 is 19.6 Å². The lowest BCUT2D eigenvalue weighted by molar-refractivity contribution is -0.849. The molecule has 0 aliphatic carbocycles. The van der Waals surface area contributed by atoms with Crippen LogP contribution in [0.4, 0.5) is 22.7 Å². The van der Waals surface area contributed by atoms with Gasteiger partial charge in [0.2, 0.25) is 0 Å². The standard InChI is InChI=1S/C24H20N.C4H12N.BO3/c1-5-13-21(14-6-1)25(22-15-7-2-8-16-22,23-17-9-3-10-18-23)24-19-11-4-12-20-24;1-5(2,3)4;2-1(3)4/h1-20H;1-4H3;/q2*+1;-3/p+1. The van der Waals surface area contributed by atoms with Gasteiger partial charge in [-0.2, -0.15) is 4.48 Å². The Bertz CT molecular complexity index is 906. The molecule has 4 rings (SSSR count). The van der Waals surface area contributed by atoms with Crippen LogP contribution in [0, 0.1) is 0 Å². The fourth-order valence-electron chi connectivity index (χ4n) is 3.50. The predicted octanol–water partition coefficient (Wildman–Crippen LogP) is 3.48. The first-order chi connectivity index (χ1) is 16.2. The summed E-state index contributed by atoms with van der Waals surface area (Å²) in [6.45, 7) is 0. The van der Waals surface area contributed by atoms with Gasteiger partial charge in [0.25, 0.3) is 0 Å². The molecule has 4 aromatic carbocycles. The maximum absolute atomic E-state index is 8.42. The molecule has 0 saturated heterocycles. The molecular weight excluding hydrogens is 423 g/mol. The first-order valence-corrected chi connectivity index (χ1v) is 11.0. The van der Waals surface area contributed by atoms with E-state index in [1.165, 1.54) is 22.7 Å². The number of para-hydroxylation sites is 4. The minimum Gasteiger partial charge on any atom is -0.907 e. The van der Waals surface area contributed by atoms with Crippen molar-refractivity contribution in [3.8, 4) is 0 Å². The zero-order valence-corrected chi connectivity index (χ0v) is 20.2. The summed E-state index contributed by atoms with van der Waals surface area (Å²) >= 11 is 0. The molecule has 5 nitrogen and oxygen atoms in total. The number of rotatable bonds is 4. The zero-order valence-electron chi connectivity index (χ0n) is 21.2. The van der Waals surface area contributed by atoms with E-state index >= 15 is 0 Å². The van der Waals surface area contributed by atoms with E-state index in [1.54, 1.807) is 0 Å². The van der Waals surface area contributed by atoms with E-state index in [0.717, 1.165) is 4.48 Å². The summed E-state index contributed by atoms with van der Waals surface area (Å²) in [5.41, 5.74) is 4.86. The molecule has 0 aromatic heterocycles. The molecule has 0 unspecified atom stereocenters. The topological polar surface area (TPSA) is 69.2 Å². The summed E-state index contributed by atoms with van der Waals surface area (Å²) in [6.07, 6.45) is 0. The largest absolute Gasteiger partial charge is 1.00 e. The summed E-state index contributed by atoms with van der Waals surface area (Å²) in [4.78, 5) is 0. The van der Waals surface area contributed by atoms with Gasteiger partial charge in [-0.1, -0.05) is 72.8 Å². The Morgan fingerprint density at radius 3 is 0.735 bits per heavy atom.